The number of hydrogen-bond donors (Lipinski definition) is 2. The topological polar surface area (TPSA) is 62.5 Å². The van der Waals surface area contributed by atoms with E-state index in [1.807, 2.05) is 18.2 Å². The number of hydrogen-bond acceptors (Lipinski definition) is 3. The van der Waals surface area contributed by atoms with Crippen LogP contribution in [0.4, 0.5) is 0 Å². The van der Waals surface area contributed by atoms with E-state index in [1.165, 1.54) is 16.7 Å². The Morgan fingerprint density at radius 2 is 1.85 bits per heavy atom. The average molecular weight is 351 g/mol. The molecule has 0 saturated heterocycles. The van der Waals surface area contributed by atoms with Gasteiger partial charge in [-0.3, -0.25) is 4.79 Å². The highest BCUT2D eigenvalue weighted by Gasteiger charge is 2.13. The Morgan fingerprint density at radius 3 is 2.58 bits per heavy atom. The van der Waals surface area contributed by atoms with Gasteiger partial charge in [0, 0.05) is 17.8 Å². The molecule has 0 bridgehead atoms. The maximum atomic E-state index is 11.0. The molecule has 136 valence electrons. The van der Waals surface area contributed by atoms with Crippen molar-refractivity contribution in [1.82, 2.24) is 5.32 Å². The van der Waals surface area contributed by atoms with Crippen LogP contribution in [-0.4, -0.2) is 17.1 Å². The number of aryl methyl sites for hydroxylation is 2. The van der Waals surface area contributed by atoms with Gasteiger partial charge in [-0.2, -0.15) is 0 Å². The van der Waals surface area contributed by atoms with Crippen molar-refractivity contribution in [3.63, 3.8) is 0 Å². The van der Waals surface area contributed by atoms with Gasteiger partial charge >= 0.3 is 5.97 Å². The molecular formula is C22H25NO3. The summed E-state index contributed by atoms with van der Waals surface area (Å²) in [6, 6.07) is 16.5. The van der Waals surface area contributed by atoms with Crippen molar-refractivity contribution in [3.05, 3.63) is 71.0 Å². The molecule has 1 unspecified atom stereocenters. The van der Waals surface area contributed by atoms with E-state index in [-0.39, 0.29) is 12.5 Å². The van der Waals surface area contributed by atoms with Crippen molar-refractivity contribution in [2.24, 2.45) is 0 Å². The number of rotatable bonds is 8. The first-order valence-corrected chi connectivity index (χ1v) is 9.00. The minimum absolute atomic E-state index is 0.0881. The Bertz CT molecular complexity index is 844. The van der Waals surface area contributed by atoms with Crippen LogP contribution in [0.5, 0.6) is 0 Å². The van der Waals surface area contributed by atoms with Crippen LogP contribution in [0.15, 0.2) is 52.9 Å². The SMILES string of the molecule is Cc1cc2cc(CNC(CCC(=O)O)Cc3ccccc3)oc2cc1C. The standard InChI is InChI=1S/C22H25NO3/c1-15-10-18-13-20(26-21(18)11-16(15)2)14-23-19(8-9-22(24)25)12-17-6-4-3-5-7-17/h3-7,10-11,13,19,23H,8-9,12,14H2,1-2H3,(H,24,25). The molecule has 4 heteroatoms. The summed E-state index contributed by atoms with van der Waals surface area (Å²) in [6.07, 6.45) is 1.54. The van der Waals surface area contributed by atoms with Crippen LogP contribution >= 0.6 is 0 Å². The molecule has 0 aliphatic rings. The molecule has 0 aliphatic carbocycles. The van der Waals surface area contributed by atoms with Crippen molar-refractivity contribution in [1.29, 1.82) is 0 Å². The predicted molar refractivity (Wildman–Crippen MR) is 103 cm³/mol. The minimum atomic E-state index is -0.764. The van der Waals surface area contributed by atoms with Gasteiger partial charge in [-0.25, -0.2) is 0 Å². The van der Waals surface area contributed by atoms with Gasteiger partial charge in [-0.05, 0) is 61.6 Å². The number of benzene rings is 2. The van der Waals surface area contributed by atoms with Crippen molar-refractivity contribution in [2.45, 2.75) is 45.7 Å². The van der Waals surface area contributed by atoms with Crippen molar-refractivity contribution >= 4 is 16.9 Å². The lowest BCUT2D eigenvalue weighted by atomic mass is 10.0. The van der Waals surface area contributed by atoms with Crippen LogP contribution in [0.1, 0.15) is 35.3 Å². The molecule has 3 rings (SSSR count). The van der Waals surface area contributed by atoms with Crippen LogP contribution in [0, 0.1) is 13.8 Å². The predicted octanol–water partition coefficient (Wildman–Crippen LogP) is 4.62. The average Bonchev–Trinajstić information content (AvgIpc) is 3.00. The second kappa shape index (κ2) is 8.19. The van der Waals surface area contributed by atoms with E-state index in [1.54, 1.807) is 0 Å². The van der Waals surface area contributed by atoms with Gasteiger partial charge in [-0.15, -0.1) is 0 Å². The Kier molecular flexibility index (Phi) is 5.74. The number of aliphatic carboxylic acids is 1. The number of carbonyl (C=O) groups is 1. The quantitative estimate of drug-likeness (QED) is 0.622. The summed E-state index contributed by atoms with van der Waals surface area (Å²) in [7, 11) is 0. The highest BCUT2D eigenvalue weighted by molar-refractivity contribution is 5.79. The molecular weight excluding hydrogens is 326 g/mol. The second-order valence-electron chi connectivity index (χ2n) is 6.89. The third-order valence-corrected chi connectivity index (χ3v) is 4.78. The number of carboxylic acids is 1. The molecule has 0 saturated carbocycles. The Morgan fingerprint density at radius 1 is 1.12 bits per heavy atom. The molecule has 1 atom stereocenters. The lowest BCUT2D eigenvalue weighted by Gasteiger charge is -2.17. The highest BCUT2D eigenvalue weighted by atomic mass is 16.4. The maximum absolute atomic E-state index is 11.0. The monoisotopic (exact) mass is 351 g/mol. The zero-order chi connectivity index (χ0) is 18.5. The molecule has 1 heterocycles. The smallest absolute Gasteiger partial charge is 0.303 e. The molecule has 2 aromatic carbocycles. The van der Waals surface area contributed by atoms with Crippen LogP contribution in [0.25, 0.3) is 11.0 Å². The van der Waals surface area contributed by atoms with E-state index in [2.05, 4.69) is 49.5 Å². The summed E-state index contributed by atoms with van der Waals surface area (Å²) in [5.41, 5.74) is 4.57. The molecule has 0 amide bonds. The lowest BCUT2D eigenvalue weighted by molar-refractivity contribution is -0.137. The lowest BCUT2D eigenvalue weighted by Crippen LogP contribution is -2.31. The number of furan rings is 1. The van der Waals surface area contributed by atoms with Crippen LogP contribution in [0.3, 0.4) is 0 Å². The van der Waals surface area contributed by atoms with E-state index in [4.69, 9.17) is 9.52 Å². The van der Waals surface area contributed by atoms with Gasteiger partial charge in [0.15, 0.2) is 0 Å². The van der Waals surface area contributed by atoms with Gasteiger partial charge < -0.3 is 14.8 Å². The maximum Gasteiger partial charge on any atom is 0.303 e. The first-order valence-electron chi connectivity index (χ1n) is 9.00. The minimum Gasteiger partial charge on any atom is -0.481 e. The molecule has 3 aromatic rings. The molecule has 4 nitrogen and oxygen atoms in total. The van der Waals surface area contributed by atoms with Crippen LogP contribution < -0.4 is 5.32 Å². The fraction of sp³-hybridized carbons (Fsp3) is 0.318. The van der Waals surface area contributed by atoms with E-state index >= 15 is 0 Å². The van der Waals surface area contributed by atoms with E-state index < -0.39 is 5.97 Å². The zero-order valence-electron chi connectivity index (χ0n) is 15.3. The Labute approximate surface area is 153 Å². The normalized spacial score (nSPS) is 12.4. The fourth-order valence-corrected chi connectivity index (χ4v) is 3.16. The van der Waals surface area contributed by atoms with E-state index in [0.717, 1.165) is 23.2 Å². The van der Waals surface area contributed by atoms with Gasteiger partial charge in [0.05, 0.1) is 6.54 Å². The van der Waals surface area contributed by atoms with Gasteiger partial charge in [0.1, 0.15) is 11.3 Å². The molecule has 2 N–H and O–H groups in total. The van der Waals surface area contributed by atoms with E-state index in [9.17, 15) is 4.79 Å². The summed E-state index contributed by atoms with van der Waals surface area (Å²) in [5.74, 6) is 0.109. The molecule has 0 spiro atoms. The van der Waals surface area contributed by atoms with Crippen LogP contribution in [-0.2, 0) is 17.8 Å². The third kappa shape index (κ3) is 4.73. The number of nitrogens with one attached hydrogen (secondary N) is 1. The Hall–Kier alpha value is -2.59. The second-order valence-corrected chi connectivity index (χ2v) is 6.89. The largest absolute Gasteiger partial charge is 0.481 e. The van der Waals surface area contributed by atoms with Crippen molar-refractivity contribution in [3.8, 4) is 0 Å². The third-order valence-electron chi connectivity index (χ3n) is 4.78. The molecule has 0 aliphatic heterocycles. The fourth-order valence-electron chi connectivity index (χ4n) is 3.16. The molecule has 1 aromatic heterocycles. The summed E-state index contributed by atoms with van der Waals surface area (Å²) in [5, 5.41) is 13.6. The van der Waals surface area contributed by atoms with Gasteiger partial charge in [-0.1, -0.05) is 30.3 Å². The highest BCUT2D eigenvalue weighted by Crippen LogP contribution is 2.23. The zero-order valence-corrected chi connectivity index (χ0v) is 15.3. The number of carboxylic acid groups (broad SMARTS) is 1. The molecule has 26 heavy (non-hydrogen) atoms. The molecule has 0 radical (unpaired) electrons. The van der Waals surface area contributed by atoms with Crippen molar-refractivity contribution < 1.29 is 14.3 Å². The summed E-state index contributed by atoms with van der Waals surface area (Å²) in [4.78, 5) is 11.0. The first kappa shape index (κ1) is 18.2. The summed E-state index contributed by atoms with van der Waals surface area (Å²) < 4.78 is 5.95. The first-order chi connectivity index (χ1) is 12.5. The van der Waals surface area contributed by atoms with Gasteiger partial charge in [0.25, 0.3) is 0 Å². The summed E-state index contributed by atoms with van der Waals surface area (Å²) in [6.45, 7) is 4.77. The summed E-state index contributed by atoms with van der Waals surface area (Å²) >= 11 is 0. The van der Waals surface area contributed by atoms with E-state index in [0.29, 0.717) is 13.0 Å². The Balaban J connectivity index is 1.69. The van der Waals surface area contributed by atoms with Crippen LogP contribution in [0.2, 0.25) is 0 Å². The van der Waals surface area contributed by atoms with Gasteiger partial charge in [0.2, 0.25) is 0 Å². The molecule has 0 fully saturated rings. The number of fused-ring (bicyclic) bond motifs is 1. The van der Waals surface area contributed by atoms with Crippen molar-refractivity contribution in [2.75, 3.05) is 0 Å².